The molecule has 0 amide bonds. The van der Waals surface area contributed by atoms with E-state index in [2.05, 4.69) is 22.6 Å². The number of nitrogens with one attached hydrogen (secondary N) is 2. The van der Waals surface area contributed by atoms with Gasteiger partial charge in [-0.15, -0.1) is 0 Å². The minimum atomic E-state index is 0.790. The van der Waals surface area contributed by atoms with Gasteiger partial charge in [0.25, 0.3) is 0 Å². The Kier molecular flexibility index (Phi) is 5.36. The van der Waals surface area contributed by atoms with Crippen molar-refractivity contribution >= 4 is 0 Å². The summed E-state index contributed by atoms with van der Waals surface area (Å²) in [7, 11) is 2.27. The van der Waals surface area contributed by atoms with Crippen molar-refractivity contribution in [3.05, 3.63) is 0 Å². The summed E-state index contributed by atoms with van der Waals surface area (Å²) in [4.78, 5) is 2.50. The lowest BCUT2D eigenvalue weighted by Crippen LogP contribution is -2.48. The average Bonchev–Trinajstić information content (AvgIpc) is 2.95. The molecule has 1 saturated carbocycles. The Morgan fingerprint density at radius 3 is 2.80 bits per heavy atom. The van der Waals surface area contributed by atoms with Gasteiger partial charge < -0.3 is 15.5 Å². The standard InChI is InChI=1S/C17H33N3/c1-20-11-5-6-14(13-20)12-19-17-9-4-7-15(17)16-8-2-3-10-18-16/h14-19H,2-13H2,1H3. The monoisotopic (exact) mass is 279 g/mol. The second-order valence-corrected chi connectivity index (χ2v) is 7.44. The lowest BCUT2D eigenvalue weighted by molar-refractivity contribution is 0.192. The van der Waals surface area contributed by atoms with E-state index in [0.717, 1.165) is 23.9 Å². The van der Waals surface area contributed by atoms with Crippen molar-refractivity contribution < 1.29 is 0 Å². The average molecular weight is 279 g/mol. The van der Waals surface area contributed by atoms with Gasteiger partial charge in [-0.25, -0.2) is 0 Å². The van der Waals surface area contributed by atoms with Crippen LogP contribution in [0, 0.1) is 11.8 Å². The Hall–Kier alpha value is -0.120. The lowest BCUT2D eigenvalue weighted by atomic mass is 9.88. The van der Waals surface area contributed by atoms with Crippen LogP contribution in [0.3, 0.4) is 0 Å². The van der Waals surface area contributed by atoms with Gasteiger partial charge in [0.15, 0.2) is 0 Å². The first kappa shape index (κ1) is 14.8. The van der Waals surface area contributed by atoms with E-state index in [1.807, 2.05) is 0 Å². The molecule has 0 aromatic rings. The fourth-order valence-electron chi connectivity index (χ4n) is 4.73. The molecular weight excluding hydrogens is 246 g/mol. The predicted molar refractivity (Wildman–Crippen MR) is 85.0 cm³/mol. The summed E-state index contributed by atoms with van der Waals surface area (Å²) in [5, 5.41) is 7.74. The Morgan fingerprint density at radius 1 is 1.05 bits per heavy atom. The van der Waals surface area contributed by atoms with Gasteiger partial charge in [-0.3, -0.25) is 0 Å². The van der Waals surface area contributed by atoms with Gasteiger partial charge in [-0.1, -0.05) is 12.8 Å². The molecule has 1 aliphatic carbocycles. The summed E-state index contributed by atoms with van der Waals surface area (Å²) in [5.41, 5.74) is 0. The minimum absolute atomic E-state index is 0.790. The number of likely N-dealkylation sites (tertiary alicyclic amines) is 1. The van der Waals surface area contributed by atoms with Crippen LogP contribution in [0.25, 0.3) is 0 Å². The van der Waals surface area contributed by atoms with Crippen molar-refractivity contribution in [2.24, 2.45) is 11.8 Å². The molecule has 0 radical (unpaired) electrons. The molecule has 3 aliphatic rings. The SMILES string of the molecule is CN1CCCC(CNC2CCCC2C2CCCCN2)C1. The van der Waals surface area contributed by atoms with E-state index >= 15 is 0 Å². The van der Waals surface area contributed by atoms with E-state index < -0.39 is 0 Å². The Bertz CT molecular complexity index is 288. The quantitative estimate of drug-likeness (QED) is 0.826. The highest BCUT2D eigenvalue weighted by Crippen LogP contribution is 2.32. The summed E-state index contributed by atoms with van der Waals surface area (Å²) in [6.45, 7) is 5.10. The Morgan fingerprint density at radius 2 is 2.00 bits per heavy atom. The van der Waals surface area contributed by atoms with Crippen LogP contribution < -0.4 is 10.6 Å². The maximum absolute atomic E-state index is 3.95. The van der Waals surface area contributed by atoms with E-state index in [1.54, 1.807) is 0 Å². The third kappa shape index (κ3) is 3.75. The third-order valence-corrected chi connectivity index (χ3v) is 5.83. The molecule has 4 unspecified atom stereocenters. The van der Waals surface area contributed by atoms with E-state index in [9.17, 15) is 0 Å². The van der Waals surface area contributed by atoms with Crippen LogP contribution in [0.1, 0.15) is 51.4 Å². The minimum Gasteiger partial charge on any atom is -0.314 e. The number of piperidine rings is 2. The summed E-state index contributed by atoms with van der Waals surface area (Å²) < 4.78 is 0. The smallest absolute Gasteiger partial charge is 0.0110 e. The van der Waals surface area contributed by atoms with Gasteiger partial charge >= 0.3 is 0 Å². The molecule has 116 valence electrons. The zero-order valence-electron chi connectivity index (χ0n) is 13.2. The molecule has 3 rings (SSSR count). The second-order valence-electron chi connectivity index (χ2n) is 7.44. The zero-order valence-corrected chi connectivity index (χ0v) is 13.2. The highest BCUT2D eigenvalue weighted by atomic mass is 15.1. The van der Waals surface area contributed by atoms with Crippen molar-refractivity contribution in [3.63, 3.8) is 0 Å². The number of nitrogens with zero attached hydrogens (tertiary/aromatic N) is 1. The van der Waals surface area contributed by atoms with E-state index in [-0.39, 0.29) is 0 Å². The first-order valence-corrected chi connectivity index (χ1v) is 8.98. The molecule has 2 heterocycles. The van der Waals surface area contributed by atoms with Crippen LogP contribution in [0.4, 0.5) is 0 Å². The fourth-order valence-corrected chi connectivity index (χ4v) is 4.73. The normalized spacial score (nSPS) is 40.0. The summed E-state index contributed by atoms with van der Waals surface area (Å²) >= 11 is 0. The second kappa shape index (κ2) is 7.24. The van der Waals surface area contributed by atoms with Crippen LogP contribution in [0.15, 0.2) is 0 Å². The Balaban J connectivity index is 1.46. The molecule has 2 N–H and O–H groups in total. The number of rotatable bonds is 4. The van der Waals surface area contributed by atoms with Crippen LogP contribution >= 0.6 is 0 Å². The molecule has 0 aromatic heterocycles. The number of hydrogen-bond donors (Lipinski definition) is 2. The van der Waals surface area contributed by atoms with Gasteiger partial charge in [0, 0.05) is 18.6 Å². The highest BCUT2D eigenvalue weighted by Gasteiger charge is 2.34. The van der Waals surface area contributed by atoms with Crippen molar-refractivity contribution in [2.45, 2.75) is 63.5 Å². The van der Waals surface area contributed by atoms with Crippen molar-refractivity contribution in [1.82, 2.24) is 15.5 Å². The zero-order chi connectivity index (χ0) is 13.8. The van der Waals surface area contributed by atoms with Gasteiger partial charge in [0.05, 0.1) is 0 Å². The van der Waals surface area contributed by atoms with Crippen LogP contribution in [0.2, 0.25) is 0 Å². The third-order valence-electron chi connectivity index (χ3n) is 5.83. The molecule has 20 heavy (non-hydrogen) atoms. The van der Waals surface area contributed by atoms with Crippen molar-refractivity contribution in [3.8, 4) is 0 Å². The molecule has 3 nitrogen and oxygen atoms in total. The molecule has 0 bridgehead atoms. The fraction of sp³-hybridized carbons (Fsp3) is 1.00. The van der Waals surface area contributed by atoms with Gasteiger partial charge in [-0.2, -0.15) is 0 Å². The predicted octanol–water partition coefficient (Wildman–Crippen LogP) is 2.23. The van der Waals surface area contributed by atoms with E-state index in [0.29, 0.717) is 0 Å². The van der Waals surface area contributed by atoms with E-state index in [4.69, 9.17) is 0 Å². The van der Waals surface area contributed by atoms with Gasteiger partial charge in [0.1, 0.15) is 0 Å². The molecular formula is C17H33N3. The van der Waals surface area contributed by atoms with Gasteiger partial charge in [-0.05, 0) is 77.0 Å². The molecule has 3 heteroatoms. The van der Waals surface area contributed by atoms with Crippen LogP contribution in [0.5, 0.6) is 0 Å². The molecule has 4 atom stereocenters. The summed E-state index contributed by atoms with van der Waals surface area (Å²) in [6, 6.07) is 1.59. The maximum atomic E-state index is 3.95. The van der Waals surface area contributed by atoms with Crippen molar-refractivity contribution in [2.75, 3.05) is 33.2 Å². The molecule has 2 aliphatic heterocycles. The lowest BCUT2D eigenvalue weighted by Gasteiger charge is -2.35. The molecule has 0 aromatic carbocycles. The van der Waals surface area contributed by atoms with Crippen molar-refractivity contribution in [1.29, 1.82) is 0 Å². The number of hydrogen-bond acceptors (Lipinski definition) is 3. The summed E-state index contributed by atoms with van der Waals surface area (Å²) in [6.07, 6.45) is 11.3. The first-order chi connectivity index (χ1) is 9.83. The highest BCUT2D eigenvalue weighted by molar-refractivity contribution is 4.92. The summed E-state index contributed by atoms with van der Waals surface area (Å²) in [5.74, 6) is 1.78. The maximum Gasteiger partial charge on any atom is 0.0110 e. The van der Waals surface area contributed by atoms with Crippen LogP contribution in [-0.2, 0) is 0 Å². The molecule has 3 fully saturated rings. The molecule has 0 spiro atoms. The van der Waals surface area contributed by atoms with Crippen LogP contribution in [-0.4, -0.2) is 50.2 Å². The van der Waals surface area contributed by atoms with Gasteiger partial charge in [0.2, 0.25) is 0 Å². The molecule has 2 saturated heterocycles. The Labute approximate surface area is 124 Å². The largest absolute Gasteiger partial charge is 0.314 e. The van der Waals surface area contributed by atoms with E-state index in [1.165, 1.54) is 77.5 Å². The first-order valence-electron chi connectivity index (χ1n) is 8.98. The topological polar surface area (TPSA) is 27.3 Å².